The average Bonchev–Trinajstić information content (AvgIpc) is 2.71. The minimum Gasteiger partial charge on any atom is -0.497 e. The van der Waals surface area contributed by atoms with Crippen LogP contribution in [0.5, 0.6) is 5.75 Å². The van der Waals surface area contributed by atoms with Gasteiger partial charge in [0.25, 0.3) is 0 Å². The topological polar surface area (TPSA) is 75.0 Å². The third-order valence-corrected chi connectivity index (χ3v) is 6.36. The lowest BCUT2D eigenvalue weighted by Crippen LogP contribution is -2.25. The Morgan fingerprint density at radius 3 is 2.82 bits per heavy atom. The molecule has 3 rings (SSSR count). The maximum absolute atomic E-state index is 12.8. The number of rotatable bonds is 6. The van der Waals surface area contributed by atoms with Crippen molar-refractivity contribution in [3.05, 3.63) is 47.2 Å². The maximum atomic E-state index is 12.8. The SMILES string of the molecule is CCC(Sc1nc2c(cc1C#N)CC(C)CC2)C(=O)Nc1ccc(OC)cc1. The number of aromatic nitrogens is 1. The number of nitriles is 1. The normalized spacial score (nSPS) is 16.6. The van der Waals surface area contributed by atoms with Gasteiger partial charge in [0, 0.05) is 11.4 Å². The van der Waals surface area contributed by atoms with Crippen molar-refractivity contribution in [2.24, 2.45) is 5.92 Å². The van der Waals surface area contributed by atoms with Crippen LogP contribution in [0.4, 0.5) is 5.69 Å². The smallest absolute Gasteiger partial charge is 0.237 e. The molecule has 2 unspecified atom stereocenters. The van der Waals surface area contributed by atoms with E-state index in [0.29, 0.717) is 22.9 Å². The largest absolute Gasteiger partial charge is 0.497 e. The van der Waals surface area contributed by atoms with Gasteiger partial charge in [-0.1, -0.05) is 25.6 Å². The van der Waals surface area contributed by atoms with Crippen molar-refractivity contribution in [2.45, 2.75) is 49.8 Å². The van der Waals surface area contributed by atoms with E-state index in [1.54, 1.807) is 7.11 Å². The van der Waals surface area contributed by atoms with Gasteiger partial charge in [0.1, 0.15) is 16.8 Å². The van der Waals surface area contributed by atoms with Crippen molar-refractivity contribution in [1.82, 2.24) is 4.98 Å². The first-order chi connectivity index (χ1) is 13.5. The molecule has 1 heterocycles. The molecule has 0 radical (unpaired) electrons. The number of benzene rings is 1. The highest BCUT2D eigenvalue weighted by molar-refractivity contribution is 8.00. The summed E-state index contributed by atoms with van der Waals surface area (Å²) >= 11 is 1.38. The highest BCUT2D eigenvalue weighted by atomic mass is 32.2. The van der Waals surface area contributed by atoms with Crippen molar-refractivity contribution in [3.8, 4) is 11.8 Å². The first-order valence-corrected chi connectivity index (χ1v) is 10.5. The van der Waals surface area contributed by atoms with Gasteiger partial charge >= 0.3 is 0 Å². The summed E-state index contributed by atoms with van der Waals surface area (Å²) in [6.07, 6.45) is 3.67. The molecule has 2 aromatic rings. The van der Waals surface area contributed by atoms with Crippen molar-refractivity contribution < 1.29 is 9.53 Å². The number of ether oxygens (including phenoxy) is 1. The molecule has 6 heteroatoms. The lowest BCUT2D eigenvalue weighted by Gasteiger charge is -2.22. The molecule has 1 aromatic carbocycles. The second-order valence-electron chi connectivity index (χ2n) is 7.14. The molecule has 0 fully saturated rings. The summed E-state index contributed by atoms with van der Waals surface area (Å²) < 4.78 is 5.14. The molecule has 1 aliphatic rings. The molecule has 0 saturated carbocycles. The fourth-order valence-corrected chi connectivity index (χ4v) is 4.35. The summed E-state index contributed by atoms with van der Waals surface area (Å²) in [6.45, 7) is 4.20. The molecule has 5 nitrogen and oxygen atoms in total. The first kappa shape index (κ1) is 20.2. The fourth-order valence-electron chi connectivity index (χ4n) is 3.35. The molecule has 0 aliphatic heterocycles. The van der Waals surface area contributed by atoms with E-state index in [9.17, 15) is 10.1 Å². The van der Waals surface area contributed by atoms with Crippen LogP contribution in [0.25, 0.3) is 0 Å². The van der Waals surface area contributed by atoms with E-state index in [0.717, 1.165) is 36.4 Å². The standard InChI is InChI=1S/C22H25N3O2S/c1-4-20(21(26)24-17-6-8-18(27-3)9-7-17)28-22-16(13-23)12-15-11-14(2)5-10-19(15)25-22/h6-9,12,14,20H,4-5,10-11H2,1-3H3,(H,24,26). The van der Waals surface area contributed by atoms with Crippen molar-refractivity contribution in [1.29, 1.82) is 5.26 Å². The molecule has 1 aromatic heterocycles. The summed E-state index contributed by atoms with van der Waals surface area (Å²) in [5, 5.41) is 12.9. The summed E-state index contributed by atoms with van der Waals surface area (Å²) in [5.74, 6) is 1.28. The van der Waals surface area contributed by atoms with Crippen LogP contribution >= 0.6 is 11.8 Å². The molecular formula is C22H25N3O2S. The Hall–Kier alpha value is -2.52. The zero-order valence-electron chi connectivity index (χ0n) is 16.5. The van der Waals surface area contributed by atoms with Gasteiger partial charge in [-0.2, -0.15) is 5.26 Å². The summed E-state index contributed by atoms with van der Waals surface area (Å²) in [4.78, 5) is 17.5. The number of hydrogen-bond acceptors (Lipinski definition) is 5. The number of thioether (sulfide) groups is 1. The Kier molecular flexibility index (Phi) is 6.58. The number of nitrogens with one attached hydrogen (secondary N) is 1. The zero-order valence-corrected chi connectivity index (χ0v) is 17.3. The van der Waals surface area contributed by atoms with E-state index >= 15 is 0 Å². The molecule has 0 spiro atoms. The van der Waals surface area contributed by atoms with Crippen LogP contribution in [0.3, 0.4) is 0 Å². The van der Waals surface area contributed by atoms with Crippen LogP contribution in [-0.2, 0) is 17.6 Å². The van der Waals surface area contributed by atoms with Gasteiger partial charge in [0.15, 0.2) is 0 Å². The van der Waals surface area contributed by atoms with E-state index in [4.69, 9.17) is 9.72 Å². The minimum absolute atomic E-state index is 0.0882. The van der Waals surface area contributed by atoms with Gasteiger partial charge in [0.2, 0.25) is 5.91 Å². The Labute approximate surface area is 170 Å². The van der Waals surface area contributed by atoms with Gasteiger partial charge in [-0.25, -0.2) is 4.98 Å². The number of methoxy groups -OCH3 is 1. The fraction of sp³-hybridized carbons (Fsp3) is 0.409. The molecular weight excluding hydrogens is 370 g/mol. The van der Waals surface area contributed by atoms with Crippen LogP contribution in [0.15, 0.2) is 35.4 Å². The maximum Gasteiger partial charge on any atom is 0.237 e. The van der Waals surface area contributed by atoms with Gasteiger partial charge < -0.3 is 10.1 Å². The molecule has 1 amide bonds. The highest BCUT2D eigenvalue weighted by Crippen LogP contribution is 2.32. The van der Waals surface area contributed by atoms with Crippen LogP contribution in [0, 0.1) is 17.2 Å². The number of carbonyl (C=O) groups is 1. The van der Waals surface area contributed by atoms with Crippen molar-refractivity contribution in [2.75, 3.05) is 12.4 Å². The van der Waals surface area contributed by atoms with E-state index in [-0.39, 0.29) is 11.2 Å². The van der Waals surface area contributed by atoms with E-state index in [1.165, 1.54) is 17.3 Å². The van der Waals surface area contributed by atoms with Crippen LogP contribution in [0.2, 0.25) is 0 Å². The third kappa shape index (κ3) is 4.66. The second kappa shape index (κ2) is 9.11. The quantitative estimate of drug-likeness (QED) is 0.724. The lowest BCUT2D eigenvalue weighted by molar-refractivity contribution is -0.115. The van der Waals surface area contributed by atoms with Gasteiger partial charge in [-0.15, -0.1) is 0 Å². The number of pyridine rings is 1. The zero-order chi connectivity index (χ0) is 20.1. The summed E-state index contributed by atoms with van der Waals surface area (Å²) in [6, 6.07) is 11.5. The number of amides is 1. The average molecular weight is 396 g/mol. The lowest BCUT2D eigenvalue weighted by atomic mass is 9.87. The molecule has 28 heavy (non-hydrogen) atoms. The van der Waals surface area contributed by atoms with Crippen molar-refractivity contribution >= 4 is 23.4 Å². The predicted molar refractivity (Wildman–Crippen MR) is 112 cm³/mol. The van der Waals surface area contributed by atoms with Gasteiger partial charge in [0.05, 0.1) is 17.9 Å². The van der Waals surface area contributed by atoms with Crippen LogP contribution < -0.4 is 10.1 Å². The molecule has 1 N–H and O–H groups in total. The predicted octanol–water partition coefficient (Wildman–Crippen LogP) is 4.60. The number of carbonyl (C=O) groups excluding carboxylic acids is 1. The number of aryl methyl sites for hydroxylation is 1. The Morgan fingerprint density at radius 2 is 2.18 bits per heavy atom. The van der Waals surface area contributed by atoms with Crippen LogP contribution in [-0.4, -0.2) is 23.3 Å². The number of fused-ring (bicyclic) bond motifs is 1. The molecule has 2 atom stereocenters. The van der Waals surface area contributed by atoms with Crippen LogP contribution in [0.1, 0.15) is 43.5 Å². The van der Waals surface area contributed by atoms with Crippen molar-refractivity contribution in [3.63, 3.8) is 0 Å². The third-order valence-electron chi connectivity index (χ3n) is 4.99. The summed E-state index contributed by atoms with van der Waals surface area (Å²) in [5.41, 5.74) is 3.53. The molecule has 0 bridgehead atoms. The Morgan fingerprint density at radius 1 is 1.43 bits per heavy atom. The van der Waals surface area contributed by atoms with E-state index < -0.39 is 0 Å². The van der Waals surface area contributed by atoms with E-state index in [2.05, 4.69) is 18.3 Å². The molecule has 0 saturated heterocycles. The molecule has 146 valence electrons. The van der Waals surface area contributed by atoms with Gasteiger partial charge in [-0.3, -0.25) is 4.79 Å². The van der Waals surface area contributed by atoms with Gasteiger partial charge in [-0.05, 0) is 67.5 Å². The number of nitrogens with zero attached hydrogens (tertiary/aromatic N) is 2. The summed E-state index contributed by atoms with van der Waals surface area (Å²) in [7, 11) is 1.61. The monoisotopic (exact) mass is 395 g/mol. The second-order valence-corrected chi connectivity index (χ2v) is 8.33. The Balaban J connectivity index is 1.76. The highest BCUT2D eigenvalue weighted by Gasteiger charge is 2.24. The first-order valence-electron chi connectivity index (χ1n) is 9.58. The number of anilines is 1. The molecule has 1 aliphatic carbocycles. The Bertz CT molecular complexity index is 890. The number of hydrogen-bond donors (Lipinski definition) is 1. The van der Waals surface area contributed by atoms with E-state index in [1.807, 2.05) is 37.3 Å². The minimum atomic E-state index is -0.317.